The lowest BCUT2D eigenvalue weighted by Gasteiger charge is -2.04. The molecule has 4 heteroatoms. The lowest BCUT2D eigenvalue weighted by atomic mass is 10.0. The predicted molar refractivity (Wildman–Crippen MR) is 66.8 cm³/mol. The van der Waals surface area contributed by atoms with E-state index in [0.717, 1.165) is 0 Å². The van der Waals surface area contributed by atoms with E-state index < -0.39 is 0 Å². The molecule has 2 fully saturated rings. The van der Waals surface area contributed by atoms with Crippen molar-refractivity contribution < 1.29 is 4.79 Å². The number of nitrogens with one attached hydrogen (secondary N) is 1. The van der Waals surface area contributed by atoms with Crippen LogP contribution in [0, 0.1) is 17.8 Å². The van der Waals surface area contributed by atoms with Crippen molar-refractivity contribution in [1.82, 2.24) is 4.98 Å². The monoisotopic (exact) mass is 250 g/mol. The van der Waals surface area contributed by atoms with Crippen molar-refractivity contribution >= 4 is 23.3 Å². The highest BCUT2D eigenvalue weighted by Crippen LogP contribution is 2.55. The van der Waals surface area contributed by atoms with E-state index in [1.54, 1.807) is 18.3 Å². The van der Waals surface area contributed by atoms with E-state index in [1.807, 2.05) is 0 Å². The van der Waals surface area contributed by atoms with Crippen LogP contribution in [0.3, 0.4) is 0 Å². The van der Waals surface area contributed by atoms with Crippen LogP contribution in [0.15, 0.2) is 18.3 Å². The van der Waals surface area contributed by atoms with Gasteiger partial charge in [-0.3, -0.25) is 4.79 Å². The summed E-state index contributed by atoms with van der Waals surface area (Å²) < 4.78 is 0. The summed E-state index contributed by atoms with van der Waals surface area (Å²) >= 11 is 5.97. The van der Waals surface area contributed by atoms with Gasteiger partial charge in [0.2, 0.25) is 5.91 Å². The third-order valence-corrected chi connectivity index (χ3v) is 4.26. The van der Waals surface area contributed by atoms with Gasteiger partial charge in [-0.15, -0.1) is 0 Å². The molecule has 1 aromatic heterocycles. The van der Waals surface area contributed by atoms with E-state index in [9.17, 15) is 4.79 Å². The Kier molecular flexibility index (Phi) is 2.79. The number of amides is 1. The van der Waals surface area contributed by atoms with E-state index in [-0.39, 0.29) is 11.8 Å². The SMILES string of the molecule is O=C(Nc1ncccc1Cl)C1C2CCCCC21. The van der Waals surface area contributed by atoms with E-state index in [4.69, 9.17) is 11.6 Å². The highest BCUT2D eigenvalue weighted by molar-refractivity contribution is 6.33. The maximum absolute atomic E-state index is 12.1. The maximum Gasteiger partial charge on any atom is 0.229 e. The van der Waals surface area contributed by atoms with Crippen LogP contribution < -0.4 is 5.32 Å². The average Bonchev–Trinajstić information content (AvgIpc) is 3.06. The third-order valence-electron chi connectivity index (χ3n) is 3.96. The molecule has 1 aromatic rings. The Morgan fingerprint density at radius 3 is 2.71 bits per heavy atom. The third kappa shape index (κ3) is 2.04. The Balaban J connectivity index is 1.67. The number of nitrogens with zero attached hydrogens (tertiary/aromatic N) is 1. The molecular weight excluding hydrogens is 236 g/mol. The summed E-state index contributed by atoms with van der Waals surface area (Å²) in [5, 5.41) is 3.35. The van der Waals surface area contributed by atoms with Crippen molar-refractivity contribution in [3.63, 3.8) is 0 Å². The minimum atomic E-state index is 0.0995. The summed E-state index contributed by atoms with van der Waals surface area (Å²) in [4.78, 5) is 16.2. The van der Waals surface area contributed by atoms with Gasteiger partial charge in [-0.2, -0.15) is 0 Å². The summed E-state index contributed by atoms with van der Waals surface area (Å²) in [6.45, 7) is 0. The van der Waals surface area contributed by atoms with Gasteiger partial charge in [0.15, 0.2) is 5.82 Å². The first kappa shape index (κ1) is 11.0. The van der Waals surface area contributed by atoms with Gasteiger partial charge >= 0.3 is 0 Å². The smallest absolute Gasteiger partial charge is 0.229 e. The van der Waals surface area contributed by atoms with Crippen LogP contribution in [-0.4, -0.2) is 10.9 Å². The topological polar surface area (TPSA) is 42.0 Å². The van der Waals surface area contributed by atoms with Crippen LogP contribution in [0.5, 0.6) is 0 Å². The van der Waals surface area contributed by atoms with Crippen LogP contribution in [0.2, 0.25) is 5.02 Å². The van der Waals surface area contributed by atoms with Crippen LogP contribution in [0.1, 0.15) is 25.7 Å². The molecule has 2 aliphatic rings. The zero-order valence-corrected chi connectivity index (χ0v) is 10.3. The summed E-state index contributed by atoms with van der Waals surface area (Å²) in [5.74, 6) is 2.03. The highest BCUT2D eigenvalue weighted by Gasteiger charge is 2.54. The summed E-state index contributed by atoms with van der Waals surface area (Å²) in [6.07, 6.45) is 6.60. The number of anilines is 1. The van der Waals surface area contributed by atoms with E-state index >= 15 is 0 Å². The molecule has 3 nitrogen and oxygen atoms in total. The lowest BCUT2D eigenvalue weighted by molar-refractivity contribution is -0.117. The Bertz CT molecular complexity index is 437. The summed E-state index contributed by atoms with van der Waals surface area (Å²) in [7, 11) is 0. The average molecular weight is 251 g/mol. The number of halogens is 1. The summed E-state index contributed by atoms with van der Waals surface area (Å²) in [5.41, 5.74) is 0. The van der Waals surface area contributed by atoms with Crippen molar-refractivity contribution in [2.75, 3.05) is 5.32 Å². The molecule has 90 valence electrons. The number of carbonyl (C=O) groups is 1. The molecule has 0 radical (unpaired) electrons. The number of hydrogen-bond acceptors (Lipinski definition) is 2. The molecule has 0 spiro atoms. The molecule has 1 N–H and O–H groups in total. The number of aromatic nitrogens is 1. The molecule has 2 unspecified atom stereocenters. The Morgan fingerprint density at radius 2 is 2.06 bits per heavy atom. The van der Waals surface area contributed by atoms with Crippen LogP contribution in [0.25, 0.3) is 0 Å². The molecule has 0 aliphatic heterocycles. The molecule has 0 bridgehead atoms. The van der Waals surface area contributed by atoms with Crippen LogP contribution >= 0.6 is 11.6 Å². The number of hydrogen-bond donors (Lipinski definition) is 1. The first-order valence-electron chi connectivity index (χ1n) is 6.19. The maximum atomic E-state index is 12.1. The first-order valence-corrected chi connectivity index (χ1v) is 6.56. The molecule has 2 saturated carbocycles. The number of carbonyl (C=O) groups excluding carboxylic acids is 1. The quantitative estimate of drug-likeness (QED) is 0.876. The lowest BCUT2D eigenvalue weighted by Crippen LogP contribution is -2.16. The fourth-order valence-electron chi connectivity index (χ4n) is 3.06. The minimum absolute atomic E-state index is 0.0995. The predicted octanol–water partition coefficient (Wildman–Crippen LogP) is 3.11. The fourth-order valence-corrected chi connectivity index (χ4v) is 3.23. The second-order valence-corrected chi connectivity index (χ2v) is 5.37. The first-order chi connectivity index (χ1) is 8.27. The molecular formula is C13H15ClN2O. The van der Waals surface area contributed by atoms with Gasteiger partial charge in [-0.1, -0.05) is 24.4 Å². The number of fused-ring (bicyclic) bond motifs is 1. The molecule has 1 amide bonds. The second-order valence-electron chi connectivity index (χ2n) is 4.96. The Hall–Kier alpha value is -1.09. The van der Waals surface area contributed by atoms with Gasteiger partial charge in [0, 0.05) is 12.1 Å². The molecule has 2 aliphatic carbocycles. The van der Waals surface area contributed by atoms with Gasteiger partial charge in [-0.05, 0) is 36.8 Å². The van der Waals surface area contributed by atoms with E-state index in [1.165, 1.54) is 25.7 Å². The van der Waals surface area contributed by atoms with Gasteiger partial charge in [0.05, 0.1) is 5.02 Å². The van der Waals surface area contributed by atoms with Crippen LogP contribution in [-0.2, 0) is 4.79 Å². The van der Waals surface area contributed by atoms with Crippen molar-refractivity contribution in [2.24, 2.45) is 17.8 Å². The minimum Gasteiger partial charge on any atom is -0.309 e. The van der Waals surface area contributed by atoms with Crippen molar-refractivity contribution in [3.8, 4) is 0 Å². The molecule has 2 atom stereocenters. The number of pyridine rings is 1. The zero-order valence-electron chi connectivity index (χ0n) is 9.53. The molecule has 17 heavy (non-hydrogen) atoms. The zero-order chi connectivity index (χ0) is 11.8. The van der Waals surface area contributed by atoms with Gasteiger partial charge in [0.1, 0.15) is 0 Å². The fraction of sp³-hybridized carbons (Fsp3) is 0.538. The van der Waals surface area contributed by atoms with Gasteiger partial charge < -0.3 is 5.32 Å². The standard InChI is InChI=1S/C13H15ClN2O/c14-10-6-3-7-15-12(10)16-13(17)11-8-4-1-2-5-9(8)11/h3,6-9,11H,1-2,4-5H2,(H,15,16,17). The molecule has 1 heterocycles. The van der Waals surface area contributed by atoms with Gasteiger partial charge in [-0.25, -0.2) is 4.98 Å². The number of rotatable bonds is 2. The Labute approximate surface area is 106 Å². The highest BCUT2D eigenvalue weighted by atomic mass is 35.5. The largest absolute Gasteiger partial charge is 0.309 e. The molecule has 0 aromatic carbocycles. The summed E-state index contributed by atoms with van der Waals surface area (Å²) in [6, 6.07) is 3.50. The van der Waals surface area contributed by atoms with Crippen molar-refractivity contribution in [3.05, 3.63) is 23.4 Å². The molecule has 3 rings (SSSR count). The van der Waals surface area contributed by atoms with Crippen LogP contribution in [0.4, 0.5) is 5.82 Å². The second kappa shape index (κ2) is 4.30. The molecule has 0 saturated heterocycles. The van der Waals surface area contributed by atoms with Gasteiger partial charge in [0.25, 0.3) is 0 Å². The normalized spacial score (nSPS) is 30.5. The van der Waals surface area contributed by atoms with E-state index in [0.29, 0.717) is 22.7 Å². The Morgan fingerprint density at radius 1 is 1.35 bits per heavy atom. The van der Waals surface area contributed by atoms with E-state index in [2.05, 4.69) is 10.3 Å². The van der Waals surface area contributed by atoms with Crippen molar-refractivity contribution in [1.29, 1.82) is 0 Å². The van der Waals surface area contributed by atoms with Crippen molar-refractivity contribution in [2.45, 2.75) is 25.7 Å².